The summed E-state index contributed by atoms with van der Waals surface area (Å²) in [6, 6.07) is 0. The molecule has 0 atom stereocenters. The lowest BCUT2D eigenvalue weighted by Crippen LogP contribution is -2.24. The van der Waals surface area contributed by atoms with Gasteiger partial charge >= 0.3 is 0 Å². The van der Waals surface area contributed by atoms with Gasteiger partial charge in [-0.15, -0.1) is 0 Å². The van der Waals surface area contributed by atoms with Crippen LogP contribution < -0.4 is 0 Å². The van der Waals surface area contributed by atoms with Gasteiger partial charge in [0.15, 0.2) is 0 Å². The van der Waals surface area contributed by atoms with E-state index in [1.807, 2.05) is 0 Å². The van der Waals surface area contributed by atoms with E-state index in [1.165, 1.54) is 19.3 Å². The van der Waals surface area contributed by atoms with E-state index in [4.69, 9.17) is 0 Å². The average molecular weight is 224 g/mol. The van der Waals surface area contributed by atoms with Crippen molar-refractivity contribution in [1.29, 1.82) is 0 Å². The first kappa shape index (κ1) is 12.7. The van der Waals surface area contributed by atoms with E-state index in [-0.39, 0.29) is 0 Å². The molecular formula is C13H24OSi. The van der Waals surface area contributed by atoms with Gasteiger partial charge in [0.25, 0.3) is 0 Å². The Kier molecular flexibility index (Phi) is 4.77. The number of hydrogen-bond acceptors (Lipinski definition) is 1. The summed E-state index contributed by atoms with van der Waals surface area (Å²) >= 11 is 0. The van der Waals surface area contributed by atoms with Crippen molar-refractivity contribution in [1.82, 2.24) is 0 Å². The van der Waals surface area contributed by atoms with Crippen molar-refractivity contribution in [2.75, 3.05) is 0 Å². The van der Waals surface area contributed by atoms with Crippen LogP contribution >= 0.6 is 0 Å². The summed E-state index contributed by atoms with van der Waals surface area (Å²) in [5, 5.41) is 1.68. The van der Waals surface area contributed by atoms with Crippen LogP contribution in [0.1, 0.15) is 44.9 Å². The van der Waals surface area contributed by atoms with Crippen LogP contribution in [0.4, 0.5) is 0 Å². The maximum Gasteiger partial charge on any atom is 0.132 e. The van der Waals surface area contributed by atoms with Gasteiger partial charge in [-0.05, 0) is 32.1 Å². The summed E-state index contributed by atoms with van der Waals surface area (Å²) in [6.45, 7) is 7.23. The van der Waals surface area contributed by atoms with Crippen LogP contribution in [0, 0.1) is 0 Å². The number of ketones is 1. The van der Waals surface area contributed by atoms with Gasteiger partial charge in [-0.3, -0.25) is 4.79 Å². The smallest absolute Gasteiger partial charge is 0.132 e. The van der Waals surface area contributed by atoms with Crippen LogP contribution in [-0.2, 0) is 4.79 Å². The Hall–Kier alpha value is -0.373. The molecule has 1 aliphatic carbocycles. The summed E-state index contributed by atoms with van der Waals surface area (Å²) in [5.74, 6) is 0.479. The van der Waals surface area contributed by atoms with Crippen molar-refractivity contribution in [3.05, 3.63) is 11.3 Å². The molecule has 86 valence electrons. The number of allylic oxidation sites excluding steroid dienone is 2. The zero-order chi connectivity index (χ0) is 11.3. The van der Waals surface area contributed by atoms with Crippen molar-refractivity contribution >= 4 is 13.9 Å². The number of hydrogen-bond donors (Lipinski definition) is 0. The average Bonchev–Trinajstić information content (AvgIpc) is 2.13. The highest BCUT2D eigenvalue weighted by Gasteiger charge is 2.19. The minimum atomic E-state index is -1.12. The SMILES string of the molecule is C[Si](C)(C)/C1=C\CCCCC(=O)CCC1. The van der Waals surface area contributed by atoms with Crippen molar-refractivity contribution in [2.45, 2.75) is 64.6 Å². The maximum atomic E-state index is 11.4. The number of carbonyl (C=O) groups excluding carboxylic acids is 1. The first-order chi connectivity index (χ1) is 7.00. The van der Waals surface area contributed by atoms with E-state index in [9.17, 15) is 4.79 Å². The second-order valence-corrected chi connectivity index (χ2v) is 10.8. The van der Waals surface area contributed by atoms with Gasteiger partial charge in [-0.2, -0.15) is 0 Å². The van der Waals surface area contributed by atoms with E-state index < -0.39 is 8.07 Å². The molecule has 0 saturated carbocycles. The van der Waals surface area contributed by atoms with Crippen molar-refractivity contribution < 1.29 is 4.79 Å². The second kappa shape index (κ2) is 5.64. The lowest BCUT2D eigenvalue weighted by Gasteiger charge is -2.22. The van der Waals surface area contributed by atoms with Gasteiger partial charge in [0.1, 0.15) is 5.78 Å². The Balaban J connectivity index is 2.62. The molecule has 1 aliphatic rings. The molecule has 0 radical (unpaired) electrons. The highest BCUT2D eigenvalue weighted by atomic mass is 28.3. The molecule has 0 aromatic heterocycles. The molecule has 0 aromatic rings. The monoisotopic (exact) mass is 224 g/mol. The topological polar surface area (TPSA) is 17.1 Å². The third kappa shape index (κ3) is 4.78. The molecular weight excluding hydrogens is 200 g/mol. The quantitative estimate of drug-likeness (QED) is 0.613. The number of carbonyl (C=O) groups is 1. The van der Waals surface area contributed by atoms with Crippen LogP contribution in [0.15, 0.2) is 11.3 Å². The van der Waals surface area contributed by atoms with Gasteiger partial charge < -0.3 is 0 Å². The highest BCUT2D eigenvalue weighted by molar-refractivity contribution is 6.83. The van der Waals surface area contributed by atoms with E-state index in [2.05, 4.69) is 25.7 Å². The second-order valence-electron chi connectivity index (χ2n) is 5.62. The van der Waals surface area contributed by atoms with Crippen LogP contribution in [0.5, 0.6) is 0 Å². The summed E-state index contributed by atoms with van der Waals surface area (Å²) in [7, 11) is -1.12. The summed E-state index contributed by atoms with van der Waals surface area (Å²) in [5.41, 5.74) is 0. The van der Waals surface area contributed by atoms with E-state index in [0.717, 1.165) is 25.7 Å². The summed E-state index contributed by atoms with van der Waals surface area (Å²) in [4.78, 5) is 11.4. The lowest BCUT2D eigenvalue weighted by molar-refractivity contribution is -0.119. The Bertz CT molecular complexity index is 248. The molecule has 0 unspecified atom stereocenters. The third-order valence-corrected chi connectivity index (χ3v) is 5.55. The van der Waals surface area contributed by atoms with Gasteiger partial charge in [-0.1, -0.05) is 30.9 Å². The standard InChI is InChI=1S/C13H24OSi/c1-15(2,3)13-10-6-4-5-8-12(14)9-7-11-13/h10H,4-9,11H2,1-3H3/b13-10-. The third-order valence-electron chi connectivity index (χ3n) is 3.17. The highest BCUT2D eigenvalue weighted by Crippen LogP contribution is 2.23. The Morgan fingerprint density at radius 1 is 1.00 bits per heavy atom. The molecule has 2 heteroatoms. The van der Waals surface area contributed by atoms with Crippen LogP contribution in [0.2, 0.25) is 19.6 Å². The van der Waals surface area contributed by atoms with Gasteiger partial charge in [0.05, 0.1) is 8.07 Å². The Labute approximate surface area is 95.0 Å². The van der Waals surface area contributed by atoms with Crippen LogP contribution in [0.25, 0.3) is 0 Å². The normalized spacial score (nSPS) is 24.5. The molecule has 0 spiro atoms. The number of rotatable bonds is 1. The summed E-state index contributed by atoms with van der Waals surface area (Å²) in [6.07, 6.45) is 9.82. The fourth-order valence-corrected chi connectivity index (χ4v) is 3.81. The van der Waals surface area contributed by atoms with Gasteiger partial charge in [0, 0.05) is 12.8 Å². The van der Waals surface area contributed by atoms with E-state index in [0.29, 0.717) is 5.78 Å². The molecule has 0 N–H and O–H groups in total. The fraction of sp³-hybridized carbons (Fsp3) is 0.769. The molecule has 0 amide bonds. The molecule has 0 saturated heterocycles. The van der Waals surface area contributed by atoms with E-state index in [1.54, 1.807) is 5.20 Å². The molecule has 0 aromatic carbocycles. The summed E-state index contributed by atoms with van der Waals surface area (Å²) < 4.78 is 0. The predicted molar refractivity (Wildman–Crippen MR) is 68.8 cm³/mol. The molecule has 1 rings (SSSR count). The molecule has 1 nitrogen and oxygen atoms in total. The van der Waals surface area contributed by atoms with Crippen LogP contribution in [-0.4, -0.2) is 13.9 Å². The predicted octanol–water partition coefficient (Wildman–Crippen LogP) is 4.10. The Morgan fingerprint density at radius 3 is 2.33 bits per heavy atom. The molecule has 0 fully saturated rings. The van der Waals surface area contributed by atoms with Crippen molar-refractivity contribution in [2.24, 2.45) is 0 Å². The largest absolute Gasteiger partial charge is 0.300 e. The lowest BCUT2D eigenvalue weighted by atomic mass is 10.0. The molecule has 0 bridgehead atoms. The van der Waals surface area contributed by atoms with Crippen LogP contribution in [0.3, 0.4) is 0 Å². The first-order valence-electron chi connectivity index (χ1n) is 6.21. The Morgan fingerprint density at radius 2 is 1.67 bits per heavy atom. The minimum Gasteiger partial charge on any atom is -0.300 e. The van der Waals surface area contributed by atoms with Gasteiger partial charge in [0.2, 0.25) is 0 Å². The maximum absolute atomic E-state index is 11.4. The fourth-order valence-electron chi connectivity index (χ4n) is 2.13. The van der Waals surface area contributed by atoms with Crippen molar-refractivity contribution in [3.63, 3.8) is 0 Å². The zero-order valence-electron chi connectivity index (χ0n) is 10.4. The van der Waals surface area contributed by atoms with Gasteiger partial charge in [-0.25, -0.2) is 0 Å². The molecule has 0 aliphatic heterocycles. The zero-order valence-corrected chi connectivity index (χ0v) is 11.4. The van der Waals surface area contributed by atoms with E-state index >= 15 is 0 Å². The first-order valence-corrected chi connectivity index (χ1v) is 9.71. The van der Waals surface area contributed by atoms with Crippen molar-refractivity contribution in [3.8, 4) is 0 Å². The minimum absolute atomic E-state index is 0.479. The molecule has 15 heavy (non-hydrogen) atoms. The molecule has 0 heterocycles. The number of Topliss-reactive ketones (excluding diaryl/α,β-unsaturated/α-hetero) is 1.